The summed E-state index contributed by atoms with van der Waals surface area (Å²) in [5.41, 5.74) is 7.87. The molecule has 0 aromatic carbocycles. The Morgan fingerprint density at radius 1 is 1.64 bits per heavy atom. The lowest BCUT2D eigenvalue weighted by molar-refractivity contribution is 0.202. The lowest BCUT2D eigenvalue weighted by atomic mass is 10.1. The van der Waals surface area contributed by atoms with Gasteiger partial charge >= 0.3 is 0 Å². The van der Waals surface area contributed by atoms with Crippen LogP contribution in [0, 0.1) is 18.3 Å². The van der Waals surface area contributed by atoms with Gasteiger partial charge in [-0.15, -0.1) is 0 Å². The molecular formula is C10H13N3O. The number of aryl methyl sites for hydroxylation is 1. The van der Waals surface area contributed by atoms with Crippen LogP contribution in [-0.2, 0) is 11.2 Å². The number of rotatable bonds is 3. The fraction of sp³-hybridized carbons (Fsp3) is 0.400. The number of hydrogen-bond acceptors (Lipinski definition) is 4. The first-order valence-corrected chi connectivity index (χ1v) is 4.34. The van der Waals surface area contributed by atoms with Crippen molar-refractivity contribution in [3.8, 4) is 6.07 Å². The Hall–Kier alpha value is -1.60. The van der Waals surface area contributed by atoms with Gasteiger partial charge in [0.05, 0.1) is 12.2 Å². The van der Waals surface area contributed by atoms with Crippen LogP contribution >= 0.6 is 0 Å². The van der Waals surface area contributed by atoms with Crippen molar-refractivity contribution >= 4 is 5.82 Å². The molecule has 0 fully saturated rings. The summed E-state index contributed by atoms with van der Waals surface area (Å²) >= 11 is 0. The third-order valence-electron chi connectivity index (χ3n) is 2.04. The molecule has 0 amide bonds. The summed E-state index contributed by atoms with van der Waals surface area (Å²) in [5, 5.41) is 8.76. The van der Waals surface area contributed by atoms with Gasteiger partial charge in [0, 0.05) is 12.8 Å². The molecule has 74 valence electrons. The number of hydrogen-bond donors (Lipinski definition) is 1. The van der Waals surface area contributed by atoms with Gasteiger partial charge in [-0.1, -0.05) is 0 Å². The van der Waals surface area contributed by atoms with Crippen LogP contribution in [0.5, 0.6) is 0 Å². The van der Waals surface area contributed by atoms with E-state index in [0.29, 0.717) is 18.0 Å². The van der Waals surface area contributed by atoms with Gasteiger partial charge in [0.1, 0.15) is 11.9 Å². The lowest BCUT2D eigenvalue weighted by Gasteiger charge is -2.06. The molecule has 1 aromatic rings. The number of nitrogens with two attached hydrogens (primary N) is 1. The standard InChI is InChI=1S/C10H13N3O/c1-7-8(3-4-14-2)5-9(6-11)10(12)13-7/h5H,3-4H2,1-2H3,(H2,12,13). The monoisotopic (exact) mass is 191 g/mol. The Morgan fingerprint density at radius 2 is 2.36 bits per heavy atom. The summed E-state index contributed by atoms with van der Waals surface area (Å²) in [4.78, 5) is 4.10. The van der Waals surface area contributed by atoms with Gasteiger partial charge in [-0.3, -0.25) is 0 Å². The fourth-order valence-corrected chi connectivity index (χ4v) is 1.22. The number of nitrogen functional groups attached to an aromatic ring is 1. The summed E-state index contributed by atoms with van der Waals surface area (Å²) in [6.45, 7) is 2.50. The zero-order chi connectivity index (χ0) is 10.6. The molecule has 0 aliphatic carbocycles. The highest BCUT2D eigenvalue weighted by molar-refractivity contribution is 5.50. The van der Waals surface area contributed by atoms with Gasteiger partial charge in [-0.25, -0.2) is 4.98 Å². The average molecular weight is 191 g/mol. The number of nitrogens with zero attached hydrogens (tertiary/aromatic N) is 2. The molecule has 0 aliphatic heterocycles. The van der Waals surface area contributed by atoms with E-state index in [4.69, 9.17) is 15.7 Å². The summed E-state index contributed by atoms with van der Waals surface area (Å²) < 4.78 is 4.96. The summed E-state index contributed by atoms with van der Waals surface area (Å²) in [6.07, 6.45) is 0.754. The van der Waals surface area contributed by atoms with Gasteiger partial charge in [0.2, 0.25) is 0 Å². The first-order chi connectivity index (χ1) is 6.69. The molecule has 1 aromatic heterocycles. The third-order valence-corrected chi connectivity index (χ3v) is 2.04. The number of methoxy groups -OCH3 is 1. The van der Waals surface area contributed by atoms with Crippen LogP contribution in [0.1, 0.15) is 16.8 Å². The van der Waals surface area contributed by atoms with Crippen LogP contribution in [0.4, 0.5) is 5.82 Å². The molecule has 2 N–H and O–H groups in total. The lowest BCUT2D eigenvalue weighted by Crippen LogP contribution is -2.03. The van der Waals surface area contributed by atoms with Crippen molar-refractivity contribution in [3.63, 3.8) is 0 Å². The molecule has 0 radical (unpaired) electrons. The highest BCUT2D eigenvalue weighted by Gasteiger charge is 2.05. The molecular weight excluding hydrogens is 178 g/mol. The molecule has 0 unspecified atom stereocenters. The SMILES string of the molecule is COCCc1cc(C#N)c(N)nc1C. The minimum atomic E-state index is 0.297. The number of aromatic nitrogens is 1. The van der Waals surface area contributed by atoms with Crippen molar-refractivity contribution in [2.75, 3.05) is 19.5 Å². The first kappa shape index (κ1) is 10.5. The van der Waals surface area contributed by atoms with E-state index in [1.54, 1.807) is 13.2 Å². The van der Waals surface area contributed by atoms with Crippen LogP contribution in [0.15, 0.2) is 6.07 Å². The number of pyridine rings is 1. The predicted molar refractivity (Wildman–Crippen MR) is 53.7 cm³/mol. The normalized spacial score (nSPS) is 9.79. The van der Waals surface area contributed by atoms with Gasteiger partial charge < -0.3 is 10.5 Å². The molecule has 0 aliphatic rings. The summed E-state index contributed by atoms with van der Waals surface area (Å²) in [5.74, 6) is 0.297. The molecule has 0 spiro atoms. The second kappa shape index (κ2) is 4.58. The van der Waals surface area contributed by atoms with Crippen molar-refractivity contribution in [3.05, 3.63) is 22.9 Å². The minimum absolute atomic E-state index is 0.297. The van der Waals surface area contributed by atoms with Crippen LogP contribution in [0.2, 0.25) is 0 Å². The van der Waals surface area contributed by atoms with Crippen molar-refractivity contribution in [2.24, 2.45) is 0 Å². The van der Waals surface area contributed by atoms with Crippen molar-refractivity contribution < 1.29 is 4.74 Å². The molecule has 0 bridgehead atoms. The molecule has 14 heavy (non-hydrogen) atoms. The molecule has 0 saturated heterocycles. The maximum absolute atomic E-state index is 8.76. The fourth-order valence-electron chi connectivity index (χ4n) is 1.22. The van der Waals surface area contributed by atoms with E-state index in [1.807, 2.05) is 13.0 Å². The smallest absolute Gasteiger partial charge is 0.141 e. The number of nitriles is 1. The molecule has 1 heterocycles. The van der Waals surface area contributed by atoms with Crippen LogP contribution in [0.25, 0.3) is 0 Å². The van der Waals surface area contributed by atoms with Crippen molar-refractivity contribution in [2.45, 2.75) is 13.3 Å². The number of anilines is 1. The quantitative estimate of drug-likeness (QED) is 0.774. The van der Waals surface area contributed by atoms with Crippen LogP contribution in [0.3, 0.4) is 0 Å². The highest BCUT2D eigenvalue weighted by atomic mass is 16.5. The molecule has 4 nitrogen and oxygen atoms in total. The molecule has 0 atom stereocenters. The Balaban J connectivity index is 3.00. The zero-order valence-corrected chi connectivity index (χ0v) is 8.37. The van der Waals surface area contributed by atoms with E-state index >= 15 is 0 Å². The van der Waals surface area contributed by atoms with Crippen molar-refractivity contribution in [1.29, 1.82) is 5.26 Å². The maximum Gasteiger partial charge on any atom is 0.141 e. The van der Waals surface area contributed by atoms with Gasteiger partial charge in [0.25, 0.3) is 0 Å². The first-order valence-electron chi connectivity index (χ1n) is 4.34. The minimum Gasteiger partial charge on any atom is -0.384 e. The number of ether oxygens (including phenoxy) is 1. The second-order valence-corrected chi connectivity index (χ2v) is 3.02. The largest absolute Gasteiger partial charge is 0.384 e. The van der Waals surface area contributed by atoms with Gasteiger partial charge in [-0.2, -0.15) is 5.26 Å². The van der Waals surface area contributed by atoms with Gasteiger partial charge in [0.15, 0.2) is 0 Å². The van der Waals surface area contributed by atoms with Crippen LogP contribution in [-0.4, -0.2) is 18.7 Å². The van der Waals surface area contributed by atoms with E-state index in [0.717, 1.165) is 17.7 Å². The second-order valence-electron chi connectivity index (χ2n) is 3.02. The van der Waals surface area contributed by atoms with Gasteiger partial charge in [-0.05, 0) is 25.0 Å². The van der Waals surface area contributed by atoms with E-state index in [2.05, 4.69) is 4.98 Å². The van der Waals surface area contributed by atoms with E-state index in [-0.39, 0.29) is 0 Å². The maximum atomic E-state index is 8.76. The summed E-state index contributed by atoms with van der Waals surface area (Å²) in [6, 6.07) is 3.79. The predicted octanol–water partition coefficient (Wildman–Crippen LogP) is 1.03. The summed E-state index contributed by atoms with van der Waals surface area (Å²) in [7, 11) is 1.64. The molecule has 0 saturated carbocycles. The third kappa shape index (κ3) is 2.21. The van der Waals surface area contributed by atoms with Crippen LogP contribution < -0.4 is 5.73 Å². The Kier molecular flexibility index (Phi) is 3.43. The zero-order valence-electron chi connectivity index (χ0n) is 8.37. The average Bonchev–Trinajstić information content (AvgIpc) is 2.17. The van der Waals surface area contributed by atoms with Crippen molar-refractivity contribution in [1.82, 2.24) is 4.98 Å². The van der Waals surface area contributed by atoms with E-state index in [1.165, 1.54) is 0 Å². The molecule has 4 heteroatoms. The van der Waals surface area contributed by atoms with E-state index in [9.17, 15) is 0 Å². The van der Waals surface area contributed by atoms with E-state index < -0.39 is 0 Å². The highest BCUT2D eigenvalue weighted by Crippen LogP contribution is 2.14. The topological polar surface area (TPSA) is 71.9 Å². The molecule has 1 rings (SSSR count). The Morgan fingerprint density at radius 3 is 2.93 bits per heavy atom. The Labute approximate surface area is 83.3 Å². The Bertz CT molecular complexity index is 368.